The van der Waals surface area contributed by atoms with E-state index in [1.165, 1.54) is 0 Å². The van der Waals surface area contributed by atoms with Gasteiger partial charge < -0.3 is 19.5 Å². The molecule has 1 aromatic carbocycles. The average molecular weight is 293 g/mol. The Morgan fingerprint density at radius 2 is 2.00 bits per heavy atom. The maximum Gasteiger partial charge on any atom is 0.305 e. The molecule has 1 aromatic rings. The number of amides is 1. The van der Waals surface area contributed by atoms with Gasteiger partial charge in [-0.15, -0.1) is 0 Å². The normalized spacial score (nSPS) is 12.5. The number of carboxylic acids is 1. The van der Waals surface area contributed by atoms with Crippen molar-refractivity contribution in [2.24, 2.45) is 5.92 Å². The molecule has 0 radical (unpaired) electrons. The van der Waals surface area contributed by atoms with Gasteiger partial charge in [0.15, 0.2) is 11.5 Å². The van der Waals surface area contributed by atoms with E-state index in [9.17, 15) is 9.59 Å². The highest BCUT2D eigenvalue weighted by Crippen LogP contribution is 2.32. The van der Waals surface area contributed by atoms with E-state index in [0.717, 1.165) is 0 Å². The van der Waals surface area contributed by atoms with E-state index < -0.39 is 5.97 Å². The Bertz CT molecular complexity index is 541. The lowest BCUT2D eigenvalue weighted by Crippen LogP contribution is -2.35. The highest BCUT2D eigenvalue weighted by molar-refractivity contribution is 5.95. The maximum absolute atomic E-state index is 12.5. The third-order valence-corrected chi connectivity index (χ3v) is 3.09. The summed E-state index contributed by atoms with van der Waals surface area (Å²) < 4.78 is 10.5. The summed E-state index contributed by atoms with van der Waals surface area (Å²) in [6, 6.07) is 5.00. The van der Waals surface area contributed by atoms with Crippen LogP contribution in [0.25, 0.3) is 0 Å². The van der Waals surface area contributed by atoms with Crippen LogP contribution in [-0.2, 0) is 4.79 Å². The van der Waals surface area contributed by atoms with Crippen molar-refractivity contribution >= 4 is 11.9 Å². The van der Waals surface area contributed by atoms with Crippen LogP contribution in [-0.4, -0.2) is 41.8 Å². The van der Waals surface area contributed by atoms with Crippen LogP contribution in [0, 0.1) is 5.92 Å². The second-order valence-corrected chi connectivity index (χ2v) is 5.36. The molecule has 114 valence electrons. The van der Waals surface area contributed by atoms with Crippen molar-refractivity contribution in [3.8, 4) is 11.5 Å². The van der Waals surface area contributed by atoms with Crippen LogP contribution >= 0.6 is 0 Å². The first-order valence-electron chi connectivity index (χ1n) is 6.88. The average Bonchev–Trinajstić information content (AvgIpc) is 2.89. The number of aliphatic carboxylic acids is 1. The maximum atomic E-state index is 12.5. The molecule has 2 rings (SSSR count). The predicted molar refractivity (Wildman–Crippen MR) is 75.6 cm³/mol. The summed E-state index contributed by atoms with van der Waals surface area (Å²) in [7, 11) is 0. The molecule has 1 aliphatic heterocycles. The largest absolute Gasteiger partial charge is 0.481 e. The molecule has 0 unspecified atom stereocenters. The van der Waals surface area contributed by atoms with Crippen molar-refractivity contribution in [1.82, 2.24) is 4.90 Å². The van der Waals surface area contributed by atoms with E-state index in [4.69, 9.17) is 14.6 Å². The molecule has 0 spiro atoms. The Hall–Kier alpha value is -2.24. The minimum atomic E-state index is -0.915. The van der Waals surface area contributed by atoms with Gasteiger partial charge in [-0.2, -0.15) is 0 Å². The predicted octanol–water partition coefficient (Wildman–Crippen LogP) is 1.99. The molecule has 1 aliphatic rings. The van der Waals surface area contributed by atoms with E-state index in [-0.39, 0.29) is 31.6 Å². The monoisotopic (exact) mass is 293 g/mol. The first-order chi connectivity index (χ1) is 9.97. The highest BCUT2D eigenvalue weighted by Gasteiger charge is 2.21. The second kappa shape index (κ2) is 6.47. The lowest BCUT2D eigenvalue weighted by molar-refractivity contribution is -0.137. The molecule has 0 saturated carbocycles. The molecule has 0 aliphatic carbocycles. The number of hydrogen-bond acceptors (Lipinski definition) is 4. The Morgan fingerprint density at radius 1 is 1.29 bits per heavy atom. The Balaban J connectivity index is 2.14. The first kappa shape index (κ1) is 15.2. The highest BCUT2D eigenvalue weighted by atomic mass is 16.7. The van der Waals surface area contributed by atoms with E-state index in [0.29, 0.717) is 23.6 Å². The number of nitrogens with zero attached hydrogens (tertiary/aromatic N) is 1. The quantitative estimate of drug-likeness (QED) is 0.868. The molecule has 6 nitrogen and oxygen atoms in total. The van der Waals surface area contributed by atoms with Gasteiger partial charge in [0.25, 0.3) is 5.91 Å². The molecule has 0 bridgehead atoms. The summed E-state index contributed by atoms with van der Waals surface area (Å²) in [6.45, 7) is 4.84. The summed E-state index contributed by atoms with van der Waals surface area (Å²) in [5.41, 5.74) is 0.477. The summed E-state index contributed by atoms with van der Waals surface area (Å²) in [5, 5.41) is 8.80. The molecule has 0 aromatic heterocycles. The van der Waals surface area contributed by atoms with Gasteiger partial charge in [0.05, 0.1) is 6.42 Å². The lowest BCUT2D eigenvalue weighted by atomic mass is 10.1. The van der Waals surface area contributed by atoms with E-state index in [1.807, 2.05) is 13.8 Å². The Labute approximate surface area is 123 Å². The van der Waals surface area contributed by atoms with Crippen LogP contribution in [0.3, 0.4) is 0 Å². The van der Waals surface area contributed by atoms with Crippen molar-refractivity contribution < 1.29 is 24.2 Å². The van der Waals surface area contributed by atoms with Gasteiger partial charge in [0.2, 0.25) is 6.79 Å². The fourth-order valence-corrected chi connectivity index (χ4v) is 2.16. The molecule has 0 saturated heterocycles. The second-order valence-electron chi connectivity index (χ2n) is 5.36. The number of benzene rings is 1. The number of carboxylic acid groups (broad SMARTS) is 1. The number of hydrogen-bond donors (Lipinski definition) is 1. The number of fused-ring (bicyclic) bond motifs is 1. The zero-order valence-electron chi connectivity index (χ0n) is 12.2. The van der Waals surface area contributed by atoms with Crippen LogP contribution < -0.4 is 9.47 Å². The number of carbonyl (C=O) groups excluding carboxylic acids is 1. The van der Waals surface area contributed by atoms with Crippen LogP contribution in [0.4, 0.5) is 0 Å². The van der Waals surface area contributed by atoms with Crippen molar-refractivity contribution in [3.63, 3.8) is 0 Å². The summed E-state index contributed by atoms with van der Waals surface area (Å²) in [6.07, 6.45) is -0.0665. The molecular formula is C15H19NO5. The van der Waals surface area contributed by atoms with Crippen LogP contribution in [0.15, 0.2) is 18.2 Å². The fraction of sp³-hybridized carbons (Fsp3) is 0.467. The van der Waals surface area contributed by atoms with Crippen molar-refractivity contribution in [2.45, 2.75) is 20.3 Å². The minimum absolute atomic E-state index is 0.0665. The van der Waals surface area contributed by atoms with Gasteiger partial charge in [-0.05, 0) is 24.1 Å². The third-order valence-electron chi connectivity index (χ3n) is 3.09. The minimum Gasteiger partial charge on any atom is -0.481 e. The lowest BCUT2D eigenvalue weighted by Gasteiger charge is -2.24. The van der Waals surface area contributed by atoms with Crippen LogP contribution in [0.5, 0.6) is 11.5 Å². The van der Waals surface area contributed by atoms with E-state index in [2.05, 4.69) is 0 Å². The van der Waals surface area contributed by atoms with E-state index in [1.54, 1.807) is 23.1 Å². The van der Waals surface area contributed by atoms with Gasteiger partial charge in [-0.3, -0.25) is 9.59 Å². The first-order valence-corrected chi connectivity index (χ1v) is 6.88. The number of ether oxygens (including phenoxy) is 2. The topological polar surface area (TPSA) is 76.1 Å². The zero-order valence-corrected chi connectivity index (χ0v) is 12.2. The van der Waals surface area contributed by atoms with Gasteiger partial charge in [-0.1, -0.05) is 13.8 Å². The van der Waals surface area contributed by atoms with Crippen molar-refractivity contribution in [1.29, 1.82) is 0 Å². The summed E-state index contributed by atoms with van der Waals surface area (Å²) in [5.74, 6) is 0.318. The number of carbonyl (C=O) groups is 2. The molecule has 6 heteroatoms. The van der Waals surface area contributed by atoms with Gasteiger partial charge in [0, 0.05) is 18.7 Å². The zero-order chi connectivity index (χ0) is 15.4. The van der Waals surface area contributed by atoms with E-state index >= 15 is 0 Å². The van der Waals surface area contributed by atoms with Gasteiger partial charge >= 0.3 is 5.97 Å². The number of rotatable bonds is 6. The fourth-order valence-electron chi connectivity index (χ4n) is 2.16. The SMILES string of the molecule is CC(C)CN(CCC(=O)O)C(=O)c1ccc2c(c1)OCO2. The summed E-state index contributed by atoms with van der Waals surface area (Å²) in [4.78, 5) is 24.8. The van der Waals surface area contributed by atoms with Crippen molar-refractivity contribution in [3.05, 3.63) is 23.8 Å². The van der Waals surface area contributed by atoms with Gasteiger partial charge in [0.1, 0.15) is 0 Å². The Morgan fingerprint density at radius 3 is 2.67 bits per heavy atom. The molecule has 1 heterocycles. The van der Waals surface area contributed by atoms with Crippen LogP contribution in [0.1, 0.15) is 30.6 Å². The molecule has 1 amide bonds. The standard InChI is InChI=1S/C15H19NO5/c1-10(2)8-16(6-5-14(17)18)15(19)11-3-4-12-13(7-11)21-9-20-12/h3-4,7,10H,5-6,8-9H2,1-2H3,(H,17,18). The smallest absolute Gasteiger partial charge is 0.305 e. The molecule has 0 atom stereocenters. The summed E-state index contributed by atoms with van der Waals surface area (Å²) >= 11 is 0. The van der Waals surface area contributed by atoms with Crippen LogP contribution in [0.2, 0.25) is 0 Å². The molecule has 21 heavy (non-hydrogen) atoms. The Kier molecular flexibility index (Phi) is 4.67. The third kappa shape index (κ3) is 3.87. The van der Waals surface area contributed by atoms with Crippen molar-refractivity contribution in [2.75, 3.05) is 19.9 Å². The molecular weight excluding hydrogens is 274 g/mol. The molecule has 1 N–H and O–H groups in total. The van der Waals surface area contributed by atoms with Gasteiger partial charge in [-0.25, -0.2) is 0 Å². The molecule has 0 fully saturated rings.